The lowest BCUT2D eigenvalue weighted by Gasteiger charge is -2.34. The van der Waals surface area contributed by atoms with Crippen molar-refractivity contribution in [1.82, 2.24) is 20.0 Å². The Morgan fingerprint density at radius 2 is 2.06 bits per heavy atom. The van der Waals surface area contributed by atoms with Crippen molar-refractivity contribution in [3.05, 3.63) is 47.7 Å². The fourth-order valence-electron chi connectivity index (χ4n) is 3.69. The molecule has 1 aromatic heterocycles. The van der Waals surface area contributed by atoms with Crippen molar-refractivity contribution in [1.29, 1.82) is 0 Å². The number of carbonyl (C=O) groups is 2. The van der Waals surface area contributed by atoms with Crippen molar-refractivity contribution in [3.63, 3.8) is 0 Å². The van der Waals surface area contributed by atoms with Gasteiger partial charge in [-0.1, -0.05) is 6.07 Å². The zero-order valence-electron chi connectivity index (χ0n) is 20.2. The van der Waals surface area contributed by atoms with Crippen LogP contribution in [0.2, 0.25) is 0 Å². The number of hydrogen-bond acceptors (Lipinski definition) is 6. The van der Waals surface area contributed by atoms with Gasteiger partial charge >= 0.3 is 5.97 Å². The summed E-state index contributed by atoms with van der Waals surface area (Å²) in [5, 5.41) is 7.31. The molecule has 34 heavy (non-hydrogen) atoms. The number of benzene rings is 1. The first-order valence-electron chi connectivity index (χ1n) is 11.1. The number of ether oxygens (including phenoxy) is 1. The molecule has 1 aromatic carbocycles. The van der Waals surface area contributed by atoms with E-state index in [0.29, 0.717) is 29.8 Å². The second-order valence-corrected chi connectivity index (χ2v) is 8.68. The monoisotopic (exact) mass is 470 g/mol. The molecule has 3 rings (SSSR count). The number of amidine groups is 1. The molecule has 9 nitrogen and oxygen atoms in total. The van der Waals surface area contributed by atoms with E-state index >= 15 is 0 Å². The van der Waals surface area contributed by atoms with Gasteiger partial charge in [-0.2, -0.15) is 5.10 Å². The summed E-state index contributed by atoms with van der Waals surface area (Å²) in [7, 11) is 1.79. The first kappa shape index (κ1) is 24.9. The molecule has 0 spiro atoms. The fourth-order valence-corrected chi connectivity index (χ4v) is 3.69. The average Bonchev–Trinajstić information content (AvgIpc) is 3.21. The molecule has 0 fully saturated rings. The maximum absolute atomic E-state index is 14.9. The molecule has 0 radical (unpaired) electrons. The van der Waals surface area contributed by atoms with E-state index in [1.54, 1.807) is 61.9 Å². The quantitative estimate of drug-likeness (QED) is 0.365. The van der Waals surface area contributed by atoms with Crippen LogP contribution in [0.1, 0.15) is 34.1 Å². The number of aromatic nitrogens is 2. The highest BCUT2D eigenvalue weighted by Gasteiger charge is 2.33. The number of rotatable bonds is 7. The summed E-state index contributed by atoms with van der Waals surface area (Å²) >= 11 is 0. The van der Waals surface area contributed by atoms with Gasteiger partial charge in [0.2, 0.25) is 5.91 Å². The van der Waals surface area contributed by atoms with Gasteiger partial charge in [-0.15, -0.1) is 0 Å². The highest BCUT2D eigenvalue weighted by Crippen LogP contribution is 2.27. The van der Waals surface area contributed by atoms with Gasteiger partial charge in [0.25, 0.3) is 0 Å². The highest BCUT2D eigenvalue weighted by molar-refractivity contribution is 6.00. The number of halogens is 1. The van der Waals surface area contributed by atoms with E-state index in [1.807, 2.05) is 0 Å². The number of amides is 1. The molecular formula is C24H31FN6O3. The summed E-state index contributed by atoms with van der Waals surface area (Å²) in [5.41, 5.74) is 8.03. The molecule has 0 unspecified atom stereocenters. The lowest BCUT2D eigenvalue weighted by atomic mass is 9.99. The summed E-state index contributed by atoms with van der Waals surface area (Å²) in [4.78, 5) is 30.3. The first-order chi connectivity index (χ1) is 16.0. The largest absolute Gasteiger partial charge is 0.464 e. The number of nitrogens with one attached hydrogen (secondary N) is 1. The normalized spacial score (nSPS) is 14.9. The number of hydrogen-bond donors (Lipinski definition) is 2. The van der Waals surface area contributed by atoms with Crippen LogP contribution in [0.15, 0.2) is 46.9 Å². The lowest BCUT2D eigenvalue weighted by Crippen LogP contribution is -2.50. The van der Waals surface area contributed by atoms with E-state index in [9.17, 15) is 14.0 Å². The molecular weight excluding hydrogens is 439 g/mol. The maximum Gasteiger partial charge on any atom is 0.331 e. The number of esters is 1. The second kappa shape index (κ2) is 10.1. The predicted molar refractivity (Wildman–Crippen MR) is 128 cm³/mol. The summed E-state index contributed by atoms with van der Waals surface area (Å²) in [6.45, 7) is 7.54. The summed E-state index contributed by atoms with van der Waals surface area (Å²) < 4.78 is 21.7. The SMILES string of the molecule is CCOC(=O)C(C)(C)NC1=C(C(N)=Nc2ccc(-c3cnn(C)c3)cc2F)CN(C(C)=O)CC1. The molecule has 2 heterocycles. The second-order valence-electron chi connectivity index (χ2n) is 8.68. The molecule has 0 atom stereocenters. The van der Waals surface area contributed by atoms with Crippen molar-refractivity contribution < 1.29 is 18.7 Å². The van der Waals surface area contributed by atoms with Crippen molar-refractivity contribution in [2.75, 3.05) is 19.7 Å². The Morgan fingerprint density at radius 3 is 2.65 bits per heavy atom. The Hall–Kier alpha value is -3.69. The Labute approximate surface area is 198 Å². The van der Waals surface area contributed by atoms with E-state index in [2.05, 4.69) is 15.4 Å². The number of carbonyl (C=O) groups excluding carboxylic acids is 2. The van der Waals surface area contributed by atoms with Crippen molar-refractivity contribution in [3.8, 4) is 11.1 Å². The average molecular weight is 471 g/mol. The van der Waals surface area contributed by atoms with E-state index in [4.69, 9.17) is 10.5 Å². The van der Waals surface area contributed by atoms with Gasteiger partial charge in [-0.05, 0) is 38.5 Å². The van der Waals surface area contributed by atoms with Crippen molar-refractivity contribution in [2.24, 2.45) is 17.8 Å². The third-order valence-corrected chi connectivity index (χ3v) is 5.58. The van der Waals surface area contributed by atoms with Crippen LogP contribution in [-0.2, 0) is 21.4 Å². The Balaban J connectivity index is 1.95. The van der Waals surface area contributed by atoms with E-state index in [1.165, 1.54) is 13.0 Å². The molecule has 0 saturated heterocycles. The topological polar surface area (TPSA) is 115 Å². The number of aliphatic imine (C=N–C) groups is 1. The molecule has 1 aliphatic heterocycles. The van der Waals surface area contributed by atoms with Gasteiger partial charge in [0, 0.05) is 50.0 Å². The molecule has 1 amide bonds. The maximum atomic E-state index is 14.9. The highest BCUT2D eigenvalue weighted by atomic mass is 19.1. The molecule has 10 heteroatoms. The van der Waals surface area contributed by atoms with Gasteiger partial charge in [0.05, 0.1) is 19.3 Å². The third kappa shape index (κ3) is 5.62. The van der Waals surface area contributed by atoms with Crippen LogP contribution in [-0.4, -0.2) is 57.6 Å². The van der Waals surface area contributed by atoms with E-state index in [-0.39, 0.29) is 30.6 Å². The Bertz CT molecular complexity index is 1150. The Morgan fingerprint density at radius 1 is 1.32 bits per heavy atom. The summed E-state index contributed by atoms with van der Waals surface area (Å²) in [6.07, 6.45) is 3.88. The van der Waals surface area contributed by atoms with Gasteiger partial charge < -0.3 is 20.7 Å². The molecule has 2 aromatic rings. The van der Waals surface area contributed by atoms with Gasteiger partial charge in [0.1, 0.15) is 22.9 Å². The van der Waals surface area contributed by atoms with Crippen LogP contribution < -0.4 is 11.1 Å². The fraction of sp³-hybridized carbons (Fsp3) is 0.417. The third-order valence-electron chi connectivity index (χ3n) is 5.58. The molecule has 0 aliphatic carbocycles. The number of aryl methyl sites for hydroxylation is 1. The minimum absolute atomic E-state index is 0.0705. The van der Waals surface area contributed by atoms with Crippen molar-refractivity contribution >= 4 is 23.4 Å². The molecule has 1 aliphatic rings. The first-order valence-corrected chi connectivity index (χ1v) is 11.1. The van der Waals surface area contributed by atoms with Gasteiger partial charge in [0.15, 0.2) is 0 Å². The molecule has 0 saturated carbocycles. The zero-order chi connectivity index (χ0) is 25.0. The predicted octanol–water partition coefficient (Wildman–Crippen LogP) is 2.65. The minimum Gasteiger partial charge on any atom is -0.464 e. The number of nitrogens with two attached hydrogens (primary N) is 1. The lowest BCUT2D eigenvalue weighted by molar-refractivity contribution is -0.149. The molecule has 0 bridgehead atoms. The Kier molecular flexibility index (Phi) is 7.38. The van der Waals surface area contributed by atoms with E-state index in [0.717, 1.165) is 5.56 Å². The summed E-state index contributed by atoms with van der Waals surface area (Å²) in [6, 6.07) is 4.67. The van der Waals surface area contributed by atoms with Gasteiger partial charge in [-0.3, -0.25) is 9.48 Å². The van der Waals surface area contributed by atoms with E-state index < -0.39 is 17.3 Å². The van der Waals surface area contributed by atoms with Crippen LogP contribution in [0.25, 0.3) is 11.1 Å². The van der Waals surface area contributed by atoms with Crippen LogP contribution in [0.3, 0.4) is 0 Å². The number of nitrogens with zero attached hydrogens (tertiary/aromatic N) is 4. The van der Waals surface area contributed by atoms with Crippen LogP contribution in [0, 0.1) is 5.82 Å². The zero-order valence-corrected chi connectivity index (χ0v) is 20.2. The van der Waals surface area contributed by atoms with Crippen LogP contribution in [0.5, 0.6) is 0 Å². The van der Waals surface area contributed by atoms with Crippen molar-refractivity contribution in [2.45, 2.75) is 39.7 Å². The van der Waals surface area contributed by atoms with Crippen LogP contribution >= 0.6 is 0 Å². The van der Waals surface area contributed by atoms with Crippen LogP contribution in [0.4, 0.5) is 10.1 Å². The summed E-state index contributed by atoms with van der Waals surface area (Å²) in [5.74, 6) is -0.990. The molecule has 182 valence electrons. The standard InChI is InChI=1S/C24H31FN6O3/c1-6-34-23(33)24(3,4)29-20-9-10-31(15(2)32)14-18(20)22(26)28-21-8-7-16(11-19(21)25)17-12-27-30(5)13-17/h7-8,11-13,29H,6,9-10,14H2,1-5H3,(H2,26,28). The molecule has 3 N–H and O–H groups in total. The smallest absolute Gasteiger partial charge is 0.331 e. The van der Waals surface area contributed by atoms with Gasteiger partial charge in [-0.25, -0.2) is 14.2 Å². The minimum atomic E-state index is -1.02.